The van der Waals surface area contributed by atoms with Crippen molar-refractivity contribution in [3.8, 4) is 0 Å². The van der Waals surface area contributed by atoms with Crippen LogP contribution in [0.1, 0.15) is 5.56 Å². The van der Waals surface area contributed by atoms with Gasteiger partial charge in [-0.1, -0.05) is 23.7 Å². The summed E-state index contributed by atoms with van der Waals surface area (Å²) in [5, 5.41) is 3.56. The summed E-state index contributed by atoms with van der Waals surface area (Å²) in [5.74, 6) is 0. The molecule has 0 saturated carbocycles. The fraction of sp³-hybridized carbons (Fsp3) is 0.400. The molecule has 1 saturated heterocycles. The largest absolute Gasteiger partial charge is 0.322 e. The summed E-state index contributed by atoms with van der Waals surface area (Å²) in [5.41, 5.74) is 1.78. The fourth-order valence-electron chi connectivity index (χ4n) is 2.24. The van der Waals surface area contributed by atoms with Gasteiger partial charge in [0.15, 0.2) is 0 Å². The van der Waals surface area contributed by atoms with E-state index < -0.39 is 0 Å². The third-order valence-electron chi connectivity index (χ3n) is 3.49. The lowest BCUT2D eigenvalue weighted by Gasteiger charge is -2.34. The smallest absolute Gasteiger partial charge is 0.321 e. The van der Waals surface area contributed by atoms with Crippen molar-refractivity contribution in [3.63, 3.8) is 0 Å². The van der Waals surface area contributed by atoms with Crippen molar-refractivity contribution in [2.24, 2.45) is 0 Å². The van der Waals surface area contributed by atoms with Gasteiger partial charge in [0.1, 0.15) is 0 Å². The molecule has 5 heteroatoms. The Morgan fingerprint density at radius 1 is 1.40 bits per heavy atom. The van der Waals surface area contributed by atoms with Crippen molar-refractivity contribution >= 4 is 23.3 Å². The van der Waals surface area contributed by atoms with Crippen molar-refractivity contribution in [3.05, 3.63) is 41.4 Å². The Morgan fingerprint density at radius 3 is 2.75 bits per heavy atom. The van der Waals surface area contributed by atoms with Crippen LogP contribution in [0.5, 0.6) is 0 Å². The molecule has 1 aliphatic rings. The van der Waals surface area contributed by atoms with E-state index in [1.807, 2.05) is 30.0 Å². The quantitative estimate of drug-likeness (QED) is 0.870. The average molecular weight is 294 g/mol. The number of benzene rings is 1. The third-order valence-corrected chi connectivity index (χ3v) is 3.72. The number of rotatable bonds is 3. The van der Waals surface area contributed by atoms with Crippen LogP contribution in [0.25, 0.3) is 0 Å². The van der Waals surface area contributed by atoms with Gasteiger partial charge in [0, 0.05) is 43.4 Å². The first-order chi connectivity index (χ1) is 9.60. The molecule has 0 unspecified atom stereocenters. The topological polar surface area (TPSA) is 35.6 Å². The van der Waals surface area contributed by atoms with Crippen molar-refractivity contribution in [1.82, 2.24) is 9.80 Å². The van der Waals surface area contributed by atoms with Crippen LogP contribution in [0, 0.1) is 6.92 Å². The van der Waals surface area contributed by atoms with E-state index in [9.17, 15) is 4.79 Å². The number of anilines is 1. The van der Waals surface area contributed by atoms with Gasteiger partial charge in [0.2, 0.25) is 0 Å². The highest BCUT2D eigenvalue weighted by Crippen LogP contribution is 2.20. The number of piperazine rings is 1. The minimum atomic E-state index is -0.0615. The summed E-state index contributed by atoms with van der Waals surface area (Å²) < 4.78 is 0. The van der Waals surface area contributed by atoms with Crippen molar-refractivity contribution < 1.29 is 4.79 Å². The molecule has 0 aliphatic carbocycles. The molecule has 1 fully saturated rings. The molecule has 2 amide bonds. The first kappa shape index (κ1) is 14.9. The zero-order valence-electron chi connectivity index (χ0n) is 11.7. The number of amides is 2. The van der Waals surface area contributed by atoms with Gasteiger partial charge in [-0.3, -0.25) is 4.90 Å². The Kier molecular flexibility index (Phi) is 5.04. The van der Waals surface area contributed by atoms with E-state index >= 15 is 0 Å². The number of carbonyl (C=O) groups is 1. The number of aryl methyl sites for hydroxylation is 1. The average Bonchev–Trinajstić information content (AvgIpc) is 2.44. The standard InChI is InChI=1S/C15H20ClN3O/c1-3-6-18-7-9-19(10-8-18)15(20)17-14-11-13(16)5-4-12(14)2/h3-5,11H,1,6-10H2,2H3,(H,17,20). The van der Waals surface area contributed by atoms with E-state index in [-0.39, 0.29) is 6.03 Å². The number of nitrogens with one attached hydrogen (secondary N) is 1. The van der Waals surface area contributed by atoms with Crippen LogP contribution < -0.4 is 5.32 Å². The van der Waals surface area contributed by atoms with E-state index in [1.165, 1.54) is 0 Å². The molecule has 0 atom stereocenters. The molecule has 2 rings (SSSR count). The highest BCUT2D eigenvalue weighted by atomic mass is 35.5. The van der Waals surface area contributed by atoms with Crippen LogP contribution in [-0.4, -0.2) is 48.6 Å². The summed E-state index contributed by atoms with van der Waals surface area (Å²) in [6.07, 6.45) is 1.89. The lowest BCUT2D eigenvalue weighted by molar-refractivity contribution is 0.156. The Bertz CT molecular complexity index is 496. The third kappa shape index (κ3) is 3.74. The second-order valence-corrected chi connectivity index (χ2v) is 5.40. The van der Waals surface area contributed by atoms with Crippen LogP contribution in [0.3, 0.4) is 0 Å². The van der Waals surface area contributed by atoms with E-state index in [2.05, 4.69) is 16.8 Å². The lowest BCUT2D eigenvalue weighted by atomic mass is 10.2. The minimum absolute atomic E-state index is 0.0615. The van der Waals surface area contributed by atoms with Crippen molar-refractivity contribution in [2.75, 3.05) is 38.0 Å². The monoisotopic (exact) mass is 293 g/mol. The number of carbonyl (C=O) groups excluding carboxylic acids is 1. The predicted octanol–water partition coefficient (Wildman–Crippen LogP) is 2.98. The number of nitrogens with zero attached hydrogens (tertiary/aromatic N) is 2. The number of halogens is 1. The molecule has 4 nitrogen and oxygen atoms in total. The fourth-order valence-corrected chi connectivity index (χ4v) is 2.41. The molecule has 0 aromatic heterocycles. The molecule has 1 heterocycles. The molecule has 108 valence electrons. The maximum atomic E-state index is 12.2. The summed E-state index contributed by atoms with van der Waals surface area (Å²) >= 11 is 5.96. The Balaban J connectivity index is 1.92. The molecule has 1 aromatic rings. The van der Waals surface area contributed by atoms with Crippen LogP contribution in [0.4, 0.5) is 10.5 Å². The van der Waals surface area contributed by atoms with Gasteiger partial charge in [-0.2, -0.15) is 0 Å². The van der Waals surface area contributed by atoms with Crippen LogP contribution >= 0.6 is 11.6 Å². The van der Waals surface area contributed by atoms with Gasteiger partial charge in [0.05, 0.1) is 0 Å². The van der Waals surface area contributed by atoms with Gasteiger partial charge in [0.25, 0.3) is 0 Å². The van der Waals surface area contributed by atoms with Gasteiger partial charge < -0.3 is 10.2 Å². The number of hydrogen-bond acceptors (Lipinski definition) is 2. The number of urea groups is 1. The second kappa shape index (κ2) is 6.77. The molecule has 0 radical (unpaired) electrons. The van der Waals surface area contributed by atoms with Crippen LogP contribution in [0.2, 0.25) is 5.02 Å². The van der Waals surface area contributed by atoms with E-state index in [0.717, 1.165) is 44.0 Å². The molecule has 0 spiro atoms. The summed E-state index contributed by atoms with van der Waals surface area (Å²) in [6.45, 7) is 9.80. The van der Waals surface area contributed by atoms with Gasteiger partial charge in [-0.15, -0.1) is 6.58 Å². The van der Waals surface area contributed by atoms with E-state index in [0.29, 0.717) is 5.02 Å². The van der Waals surface area contributed by atoms with Crippen molar-refractivity contribution in [1.29, 1.82) is 0 Å². The Morgan fingerprint density at radius 2 is 2.10 bits per heavy atom. The van der Waals surface area contributed by atoms with Gasteiger partial charge in [-0.05, 0) is 24.6 Å². The molecule has 1 aliphatic heterocycles. The molecular weight excluding hydrogens is 274 g/mol. The zero-order chi connectivity index (χ0) is 14.5. The maximum Gasteiger partial charge on any atom is 0.321 e. The molecule has 1 N–H and O–H groups in total. The predicted molar refractivity (Wildman–Crippen MR) is 83.4 cm³/mol. The van der Waals surface area contributed by atoms with Crippen LogP contribution in [-0.2, 0) is 0 Å². The lowest BCUT2D eigenvalue weighted by Crippen LogP contribution is -2.49. The molecule has 1 aromatic carbocycles. The summed E-state index contributed by atoms with van der Waals surface area (Å²) in [4.78, 5) is 16.3. The molecule has 0 bridgehead atoms. The summed E-state index contributed by atoms with van der Waals surface area (Å²) in [7, 11) is 0. The Hall–Kier alpha value is -1.52. The highest BCUT2D eigenvalue weighted by molar-refractivity contribution is 6.31. The van der Waals surface area contributed by atoms with Gasteiger partial charge >= 0.3 is 6.03 Å². The van der Waals surface area contributed by atoms with E-state index in [4.69, 9.17) is 11.6 Å². The zero-order valence-corrected chi connectivity index (χ0v) is 12.5. The van der Waals surface area contributed by atoms with E-state index in [1.54, 1.807) is 6.07 Å². The first-order valence-electron chi connectivity index (χ1n) is 6.75. The molecule has 20 heavy (non-hydrogen) atoms. The van der Waals surface area contributed by atoms with Gasteiger partial charge in [-0.25, -0.2) is 4.79 Å². The Labute approximate surface area is 125 Å². The maximum absolute atomic E-state index is 12.2. The summed E-state index contributed by atoms with van der Waals surface area (Å²) in [6, 6.07) is 5.44. The normalized spacial score (nSPS) is 16.0. The minimum Gasteiger partial charge on any atom is -0.322 e. The second-order valence-electron chi connectivity index (χ2n) is 4.97. The highest BCUT2D eigenvalue weighted by Gasteiger charge is 2.20. The molecular formula is C15H20ClN3O. The number of hydrogen-bond donors (Lipinski definition) is 1. The SMILES string of the molecule is C=CCN1CCN(C(=O)Nc2cc(Cl)ccc2C)CC1. The van der Waals surface area contributed by atoms with Crippen molar-refractivity contribution in [2.45, 2.75) is 6.92 Å². The van der Waals surface area contributed by atoms with Crippen LogP contribution in [0.15, 0.2) is 30.9 Å². The first-order valence-corrected chi connectivity index (χ1v) is 7.13.